The average molecular weight is 247 g/mol. The lowest BCUT2D eigenvalue weighted by atomic mass is 10.1. The monoisotopic (exact) mass is 247 g/mol. The van der Waals surface area contributed by atoms with Crippen molar-refractivity contribution >= 4 is 5.69 Å². The molecule has 3 heteroatoms. The Morgan fingerprint density at radius 2 is 2.11 bits per heavy atom. The van der Waals surface area contributed by atoms with E-state index in [0.717, 1.165) is 18.8 Å². The minimum absolute atomic E-state index is 0.696. The predicted octanol–water partition coefficient (Wildman–Crippen LogP) is 2.10. The van der Waals surface area contributed by atoms with E-state index in [-0.39, 0.29) is 0 Å². The Balaban J connectivity index is 1.99. The largest absolute Gasteiger partial charge is 0.399 e. The standard InChI is InChI=1S/C15H25N3/c1-4-14-11-18(8-7-17(14)3)10-13-6-5-12(2)15(16)9-13/h5-6,9,14H,4,7-8,10-11,16H2,1-3H3. The highest BCUT2D eigenvalue weighted by molar-refractivity contribution is 5.48. The molecule has 0 saturated carbocycles. The van der Waals surface area contributed by atoms with E-state index in [1.54, 1.807) is 0 Å². The number of anilines is 1. The smallest absolute Gasteiger partial charge is 0.0346 e. The highest BCUT2D eigenvalue weighted by atomic mass is 15.3. The number of nitrogens with zero attached hydrogens (tertiary/aromatic N) is 2. The molecule has 2 rings (SSSR count). The minimum Gasteiger partial charge on any atom is -0.399 e. The first-order valence-electron chi connectivity index (χ1n) is 6.87. The van der Waals surface area contributed by atoms with E-state index in [0.29, 0.717) is 6.04 Å². The van der Waals surface area contributed by atoms with Crippen LogP contribution in [0.3, 0.4) is 0 Å². The van der Waals surface area contributed by atoms with Gasteiger partial charge in [-0.05, 0) is 37.6 Å². The van der Waals surface area contributed by atoms with Crippen molar-refractivity contribution in [1.29, 1.82) is 0 Å². The molecule has 0 spiro atoms. The Kier molecular flexibility index (Phi) is 4.25. The summed E-state index contributed by atoms with van der Waals surface area (Å²) in [5.41, 5.74) is 9.39. The quantitative estimate of drug-likeness (QED) is 0.830. The van der Waals surface area contributed by atoms with Gasteiger partial charge in [-0.25, -0.2) is 0 Å². The van der Waals surface area contributed by atoms with Gasteiger partial charge in [-0.3, -0.25) is 4.90 Å². The summed E-state index contributed by atoms with van der Waals surface area (Å²) in [6.45, 7) is 8.84. The van der Waals surface area contributed by atoms with Crippen molar-refractivity contribution in [2.45, 2.75) is 32.9 Å². The normalized spacial score (nSPS) is 22.3. The molecular weight excluding hydrogens is 222 g/mol. The van der Waals surface area contributed by atoms with Gasteiger partial charge in [-0.2, -0.15) is 0 Å². The molecule has 1 aliphatic heterocycles. The van der Waals surface area contributed by atoms with Gasteiger partial charge >= 0.3 is 0 Å². The molecule has 2 N–H and O–H groups in total. The molecule has 18 heavy (non-hydrogen) atoms. The van der Waals surface area contributed by atoms with Crippen LogP contribution in [-0.4, -0.2) is 42.5 Å². The van der Waals surface area contributed by atoms with Crippen LogP contribution in [-0.2, 0) is 6.54 Å². The molecule has 1 aromatic rings. The first kappa shape index (κ1) is 13.4. The summed E-state index contributed by atoms with van der Waals surface area (Å²) in [5.74, 6) is 0. The van der Waals surface area contributed by atoms with Crippen molar-refractivity contribution in [3.63, 3.8) is 0 Å². The maximum atomic E-state index is 5.97. The molecular formula is C15H25N3. The van der Waals surface area contributed by atoms with Crippen LogP contribution in [0.15, 0.2) is 18.2 Å². The van der Waals surface area contributed by atoms with Crippen LogP contribution in [0.25, 0.3) is 0 Å². The molecule has 1 fully saturated rings. The minimum atomic E-state index is 0.696. The highest BCUT2D eigenvalue weighted by Gasteiger charge is 2.22. The van der Waals surface area contributed by atoms with Gasteiger partial charge in [0.25, 0.3) is 0 Å². The zero-order chi connectivity index (χ0) is 13.1. The molecule has 1 atom stereocenters. The third kappa shape index (κ3) is 3.03. The van der Waals surface area contributed by atoms with E-state index in [4.69, 9.17) is 5.73 Å². The van der Waals surface area contributed by atoms with Crippen LogP contribution in [0.1, 0.15) is 24.5 Å². The van der Waals surface area contributed by atoms with Gasteiger partial charge in [0.05, 0.1) is 0 Å². The molecule has 3 nitrogen and oxygen atoms in total. The maximum absolute atomic E-state index is 5.97. The number of nitrogens with two attached hydrogens (primary N) is 1. The van der Waals surface area contributed by atoms with Crippen LogP contribution in [0.2, 0.25) is 0 Å². The van der Waals surface area contributed by atoms with E-state index < -0.39 is 0 Å². The van der Waals surface area contributed by atoms with Crippen LogP contribution in [0.5, 0.6) is 0 Å². The summed E-state index contributed by atoms with van der Waals surface area (Å²) >= 11 is 0. The molecule has 0 aliphatic carbocycles. The van der Waals surface area contributed by atoms with Crippen molar-refractivity contribution in [2.75, 3.05) is 32.4 Å². The van der Waals surface area contributed by atoms with Crippen LogP contribution in [0.4, 0.5) is 5.69 Å². The Hall–Kier alpha value is -1.06. The molecule has 0 bridgehead atoms. The van der Waals surface area contributed by atoms with Crippen molar-refractivity contribution in [3.05, 3.63) is 29.3 Å². The Labute approximate surface area is 111 Å². The number of benzene rings is 1. The topological polar surface area (TPSA) is 32.5 Å². The second-order valence-electron chi connectivity index (χ2n) is 5.47. The van der Waals surface area contributed by atoms with Crippen LogP contribution >= 0.6 is 0 Å². The molecule has 0 amide bonds. The fourth-order valence-electron chi connectivity index (χ4n) is 2.64. The van der Waals surface area contributed by atoms with Gasteiger partial charge in [0.1, 0.15) is 0 Å². The van der Waals surface area contributed by atoms with E-state index in [1.807, 2.05) is 0 Å². The average Bonchev–Trinajstić information content (AvgIpc) is 2.36. The number of hydrogen-bond donors (Lipinski definition) is 1. The van der Waals surface area contributed by atoms with Crippen molar-refractivity contribution in [1.82, 2.24) is 9.80 Å². The third-order valence-electron chi connectivity index (χ3n) is 4.08. The fourth-order valence-corrected chi connectivity index (χ4v) is 2.64. The van der Waals surface area contributed by atoms with E-state index in [9.17, 15) is 0 Å². The van der Waals surface area contributed by atoms with Crippen molar-refractivity contribution < 1.29 is 0 Å². The zero-order valence-corrected chi connectivity index (χ0v) is 11.8. The number of rotatable bonds is 3. The molecule has 1 aliphatic rings. The summed E-state index contributed by atoms with van der Waals surface area (Å²) in [7, 11) is 2.23. The SMILES string of the molecule is CCC1CN(Cc2ccc(C)c(N)c2)CCN1C. The Bertz CT molecular complexity index is 403. The summed E-state index contributed by atoms with van der Waals surface area (Å²) in [6.07, 6.45) is 1.23. The first-order valence-corrected chi connectivity index (χ1v) is 6.87. The Morgan fingerprint density at radius 3 is 2.78 bits per heavy atom. The summed E-state index contributed by atoms with van der Waals surface area (Å²) < 4.78 is 0. The number of nitrogen functional groups attached to an aromatic ring is 1. The second-order valence-corrected chi connectivity index (χ2v) is 5.47. The molecule has 1 unspecified atom stereocenters. The molecule has 100 valence electrons. The lowest BCUT2D eigenvalue weighted by Crippen LogP contribution is -2.50. The lowest BCUT2D eigenvalue weighted by Gasteiger charge is -2.39. The van der Waals surface area contributed by atoms with Crippen LogP contribution < -0.4 is 5.73 Å². The van der Waals surface area contributed by atoms with E-state index in [1.165, 1.54) is 30.6 Å². The van der Waals surface area contributed by atoms with Crippen molar-refractivity contribution in [2.24, 2.45) is 0 Å². The van der Waals surface area contributed by atoms with Gasteiger partial charge in [0.2, 0.25) is 0 Å². The number of likely N-dealkylation sites (N-methyl/N-ethyl adjacent to an activating group) is 1. The van der Waals surface area contributed by atoms with E-state index >= 15 is 0 Å². The van der Waals surface area contributed by atoms with Gasteiger partial charge in [-0.15, -0.1) is 0 Å². The van der Waals surface area contributed by atoms with Gasteiger partial charge in [0.15, 0.2) is 0 Å². The van der Waals surface area contributed by atoms with Crippen molar-refractivity contribution in [3.8, 4) is 0 Å². The number of hydrogen-bond acceptors (Lipinski definition) is 3. The fraction of sp³-hybridized carbons (Fsp3) is 0.600. The second kappa shape index (κ2) is 5.72. The summed E-state index contributed by atoms with van der Waals surface area (Å²) in [5, 5.41) is 0. The molecule has 0 aromatic heterocycles. The molecule has 1 heterocycles. The molecule has 1 saturated heterocycles. The zero-order valence-electron chi connectivity index (χ0n) is 11.8. The number of aryl methyl sites for hydroxylation is 1. The Morgan fingerprint density at radius 1 is 1.33 bits per heavy atom. The maximum Gasteiger partial charge on any atom is 0.0346 e. The van der Waals surface area contributed by atoms with E-state index in [2.05, 4.69) is 48.9 Å². The highest BCUT2D eigenvalue weighted by Crippen LogP contribution is 2.17. The van der Waals surface area contributed by atoms with Crippen LogP contribution in [0, 0.1) is 6.92 Å². The summed E-state index contributed by atoms with van der Waals surface area (Å²) in [6, 6.07) is 7.14. The lowest BCUT2D eigenvalue weighted by molar-refractivity contribution is 0.0884. The summed E-state index contributed by atoms with van der Waals surface area (Å²) in [4.78, 5) is 5.01. The van der Waals surface area contributed by atoms with Gasteiger partial charge < -0.3 is 10.6 Å². The van der Waals surface area contributed by atoms with Gasteiger partial charge in [-0.1, -0.05) is 19.1 Å². The van der Waals surface area contributed by atoms with Gasteiger partial charge in [0, 0.05) is 37.9 Å². The first-order chi connectivity index (χ1) is 8.60. The molecule has 0 radical (unpaired) electrons. The predicted molar refractivity (Wildman–Crippen MR) is 77.6 cm³/mol. The molecule has 1 aromatic carbocycles. The third-order valence-corrected chi connectivity index (χ3v) is 4.08. The number of piperazine rings is 1.